The number of hydrogen-bond acceptors (Lipinski definition) is 11. The summed E-state index contributed by atoms with van der Waals surface area (Å²) in [6, 6.07) is 10.7. The second-order valence-corrected chi connectivity index (χ2v) is 11.7. The van der Waals surface area contributed by atoms with Crippen molar-refractivity contribution in [1.29, 1.82) is 0 Å². The Balaban J connectivity index is 1.31. The molecule has 3 aromatic rings. The molecule has 2 aromatic heterocycles. The molecule has 1 saturated carbocycles. The van der Waals surface area contributed by atoms with Crippen LogP contribution in [0, 0.1) is 0 Å². The number of para-hydroxylation sites is 2. The summed E-state index contributed by atoms with van der Waals surface area (Å²) in [6.07, 6.45) is 2.78. The number of piperazine rings is 1. The summed E-state index contributed by atoms with van der Waals surface area (Å²) in [6.45, 7) is 4.14. The summed E-state index contributed by atoms with van der Waals surface area (Å²) in [5.41, 5.74) is 1.49. The molecular weight excluding hydrogens is 544 g/mol. The van der Waals surface area contributed by atoms with Gasteiger partial charge in [-0.3, -0.25) is 9.62 Å². The third-order valence-corrected chi connectivity index (χ3v) is 8.67. The summed E-state index contributed by atoms with van der Waals surface area (Å²) in [5.74, 6) is 1.74. The van der Waals surface area contributed by atoms with Gasteiger partial charge in [0.25, 0.3) is 0 Å². The normalized spacial score (nSPS) is 16.1. The van der Waals surface area contributed by atoms with Gasteiger partial charge in [0.1, 0.15) is 16.5 Å². The van der Waals surface area contributed by atoms with Gasteiger partial charge in [-0.25, -0.2) is 13.4 Å². The molecule has 2 aliphatic rings. The molecule has 1 aromatic carbocycles. The molecule has 0 spiro atoms. The van der Waals surface area contributed by atoms with Crippen molar-refractivity contribution >= 4 is 56.3 Å². The van der Waals surface area contributed by atoms with Gasteiger partial charge >= 0.3 is 0 Å². The Morgan fingerprint density at radius 3 is 2.46 bits per heavy atom. The van der Waals surface area contributed by atoms with Crippen molar-refractivity contribution in [2.75, 3.05) is 66.7 Å². The predicted octanol–water partition coefficient (Wildman–Crippen LogP) is 3.04. The first-order valence-electron chi connectivity index (χ1n) is 12.7. The van der Waals surface area contributed by atoms with Crippen molar-refractivity contribution in [2.45, 2.75) is 18.1 Å². The van der Waals surface area contributed by atoms with E-state index in [-0.39, 0.29) is 22.8 Å². The van der Waals surface area contributed by atoms with E-state index in [1.54, 1.807) is 31.4 Å². The molecule has 12 nitrogen and oxygen atoms in total. The maximum absolute atomic E-state index is 12.5. The predicted molar refractivity (Wildman–Crippen MR) is 152 cm³/mol. The van der Waals surface area contributed by atoms with Crippen molar-refractivity contribution in [3.05, 3.63) is 47.6 Å². The largest absolute Gasteiger partial charge is 0.479 e. The lowest BCUT2D eigenvalue weighted by Crippen LogP contribution is -2.47. The summed E-state index contributed by atoms with van der Waals surface area (Å²) in [4.78, 5) is 17.8. The molecule has 3 heterocycles. The fraction of sp³-hybridized carbons (Fsp3) is 0.400. The van der Waals surface area contributed by atoms with E-state index in [4.69, 9.17) is 21.4 Å². The molecule has 1 aliphatic heterocycles. The summed E-state index contributed by atoms with van der Waals surface area (Å²) in [5, 5.41) is 15.3. The molecular formula is C25H31ClN8O4S. The number of nitrogens with zero attached hydrogens (tertiary/aromatic N) is 5. The first-order valence-corrected chi connectivity index (χ1v) is 14.6. The highest BCUT2D eigenvalue weighted by Gasteiger charge is 2.36. The number of nitrogens with one attached hydrogen (secondary N) is 3. The van der Waals surface area contributed by atoms with Gasteiger partial charge in [0.15, 0.2) is 5.82 Å². The van der Waals surface area contributed by atoms with E-state index in [9.17, 15) is 8.42 Å². The van der Waals surface area contributed by atoms with Gasteiger partial charge in [0, 0.05) is 32.7 Å². The summed E-state index contributed by atoms with van der Waals surface area (Å²) >= 11 is 6.38. The van der Waals surface area contributed by atoms with Crippen LogP contribution < -0.4 is 25.0 Å². The van der Waals surface area contributed by atoms with Crippen LogP contribution in [-0.4, -0.2) is 85.1 Å². The van der Waals surface area contributed by atoms with Crippen molar-refractivity contribution in [3.63, 3.8) is 0 Å². The summed E-state index contributed by atoms with van der Waals surface area (Å²) < 4.78 is 33.2. The first-order chi connectivity index (χ1) is 18.9. The van der Waals surface area contributed by atoms with Gasteiger partial charge in [0.05, 0.1) is 36.5 Å². The van der Waals surface area contributed by atoms with E-state index in [2.05, 4.69) is 40.1 Å². The van der Waals surface area contributed by atoms with Crippen LogP contribution >= 0.6 is 11.6 Å². The number of anilines is 6. The second kappa shape index (κ2) is 11.8. The van der Waals surface area contributed by atoms with Gasteiger partial charge in [-0.05, 0) is 37.1 Å². The Hall–Kier alpha value is -3.39. The standard InChI is InChI=1S/C25H31ClN8O4S/c1-38-24-21(8-9-22(30-24)34-12-10-33(11-13-34)14-15-35)29-25-27-16-18(26)23(31-25)28-19-4-2-3-5-20(19)32-39(36,37)17-6-7-17/h2-5,8-9,16-17,32,35H,6-7,10-15H2,1H3,(H2,27,28,29,31). The lowest BCUT2D eigenvalue weighted by atomic mass is 10.2. The zero-order valence-corrected chi connectivity index (χ0v) is 23.0. The van der Waals surface area contributed by atoms with E-state index in [0.717, 1.165) is 32.0 Å². The highest BCUT2D eigenvalue weighted by atomic mass is 35.5. The van der Waals surface area contributed by atoms with Crippen molar-refractivity contribution < 1.29 is 18.3 Å². The molecule has 0 bridgehead atoms. The van der Waals surface area contributed by atoms with Crippen LogP contribution in [0.4, 0.5) is 34.6 Å². The van der Waals surface area contributed by atoms with Gasteiger partial charge in [-0.15, -0.1) is 0 Å². The Kier molecular flexibility index (Phi) is 8.21. The maximum atomic E-state index is 12.5. The molecule has 0 unspecified atom stereocenters. The third kappa shape index (κ3) is 6.61. The number of β-amino-alcohol motifs (C(OH)–C–C–N with tert-alkyl or cyclic N) is 1. The number of benzene rings is 1. The van der Waals surface area contributed by atoms with Crippen LogP contribution in [0.5, 0.6) is 5.88 Å². The van der Waals surface area contributed by atoms with E-state index in [1.807, 2.05) is 12.1 Å². The molecule has 208 valence electrons. The van der Waals surface area contributed by atoms with E-state index < -0.39 is 10.0 Å². The molecule has 0 atom stereocenters. The van der Waals surface area contributed by atoms with Gasteiger partial charge < -0.3 is 25.4 Å². The van der Waals surface area contributed by atoms with E-state index >= 15 is 0 Å². The Morgan fingerprint density at radius 1 is 1.03 bits per heavy atom. The van der Waals surface area contributed by atoms with Crippen LogP contribution in [0.3, 0.4) is 0 Å². The molecule has 2 fully saturated rings. The fourth-order valence-electron chi connectivity index (χ4n) is 4.26. The van der Waals surface area contributed by atoms with Crippen LogP contribution in [0.15, 0.2) is 42.6 Å². The molecule has 0 radical (unpaired) electrons. The van der Waals surface area contributed by atoms with Gasteiger partial charge in [-0.2, -0.15) is 9.97 Å². The number of aliphatic hydroxyl groups is 1. The average Bonchev–Trinajstić information content (AvgIpc) is 3.79. The number of ether oxygens (including phenoxy) is 1. The van der Waals surface area contributed by atoms with Crippen molar-refractivity contribution in [1.82, 2.24) is 19.9 Å². The Bertz CT molecular complexity index is 1410. The van der Waals surface area contributed by atoms with Crippen LogP contribution in [0.2, 0.25) is 5.02 Å². The maximum Gasteiger partial charge on any atom is 0.239 e. The SMILES string of the molecule is COc1nc(N2CCN(CCO)CC2)ccc1Nc1ncc(Cl)c(Nc2ccccc2NS(=O)(=O)C2CC2)n1. The quantitative estimate of drug-likeness (QED) is 0.268. The molecule has 4 N–H and O–H groups in total. The zero-order valence-electron chi connectivity index (χ0n) is 21.5. The molecule has 0 amide bonds. The Labute approximate surface area is 232 Å². The van der Waals surface area contributed by atoms with Crippen molar-refractivity contribution in [2.24, 2.45) is 0 Å². The number of halogens is 1. The highest BCUT2D eigenvalue weighted by Crippen LogP contribution is 2.34. The van der Waals surface area contributed by atoms with Gasteiger partial charge in [-0.1, -0.05) is 23.7 Å². The topological polar surface area (TPSA) is 145 Å². The Morgan fingerprint density at radius 2 is 1.77 bits per heavy atom. The second-order valence-electron chi connectivity index (χ2n) is 9.31. The first kappa shape index (κ1) is 27.2. The molecule has 1 saturated heterocycles. The highest BCUT2D eigenvalue weighted by molar-refractivity contribution is 7.93. The number of aliphatic hydroxyl groups excluding tert-OH is 1. The number of hydrogen-bond donors (Lipinski definition) is 4. The average molecular weight is 575 g/mol. The number of rotatable bonds is 11. The minimum atomic E-state index is -3.44. The van der Waals surface area contributed by atoms with Gasteiger partial charge in [0.2, 0.25) is 21.9 Å². The lowest BCUT2D eigenvalue weighted by Gasteiger charge is -2.35. The number of aromatic nitrogens is 3. The number of sulfonamides is 1. The monoisotopic (exact) mass is 574 g/mol. The number of pyridine rings is 1. The van der Waals surface area contributed by atoms with E-state index in [1.165, 1.54) is 6.20 Å². The molecule has 14 heteroatoms. The molecule has 39 heavy (non-hydrogen) atoms. The third-order valence-electron chi connectivity index (χ3n) is 6.54. The molecule has 1 aliphatic carbocycles. The smallest absolute Gasteiger partial charge is 0.239 e. The minimum Gasteiger partial charge on any atom is -0.479 e. The van der Waals surface area contributed by atoms with Crippen molar-refractivity contribution in [3.8, 4) is 5.88 Å². The van der Waals surface area contributed by atoms with E-state index in [0.29, 0.717) is 48.1 Å². The lowest BCUT2D eigenvalue weighted by molar-refractivity contribution is 0.188. The minimum absolute atomic E-state index is 0.155. The van der Waals surface area contributed by atoms with Crippen LogP contribution in [-0.2, 0) is 10.0 Å². The van der Waals surface area contributed by atoms with Crippen LogP contribution in [0.1, 0.15) is 12.8 Å². The zero-order chi connectivity index (χ0) is 27.4. The number of methoxy groups -OCH3 is 1. The molecule has 5 rings (SSSR count). The summed E-state index contributed by atoms with van der Waals surface area (Å²) in [7, 11) is -1.90. The van der Waals surface area contributed by atoms with Crippen LogP contribution in [0.25, 0.3) is 0 Å². The fourth-order valence-corrected chi connectivity index (χ4v) is 5.80.